The maximum atomic E-state index is 12.1. The van der Waals surface area contributed by atoms with Gasteiger partial charge in [-0.1, -0.05) is 30.3 Å². The SMILES string of the molecule is CC(=O)N[C@H](CC(=O)NNC(=O)COc1ccc(C#N)cc1)c1ccccc1. The summed E-state index contributed by atoms with van der Waals surface area (Å²) in [5.74, 6) is -0.848. The molecular weight excluding hydrogens is 360 g/mol. The molecule has 0 heterocycles. The van der Waals surface area contributed by atoms with Gasteiger partial charge in [-0.3, -0.25) is 25.2 Å². The van der Waals surface area contributed by atoms with Crippen LogP contribution < -0.4 is 20.9 Å². The molecule has 0 unspecified atom stereocenters. The van der Waals surface area contributed by atoms with Crippen molar-refractivity contribution in [1.82, 2.24) is 16.2 Å². The van der Waals surface area contributed by atoms with E-state index in [2.05, 4.69) is 16.2 Å². The van der Waals surface area contributed by atoms with Crippen LogP contribution in [0.1, 0.15) is 30.5 Å². The van der Waals surface area contributed by atoms with Crippen molar-refractivity contribution < 1.29 is 19.1 Å². The highest BCUT2D eigenvalue weighted by atomic mass is 16.5. The number of nitriles is 1. The average Bonchev–Trinajstić information content (AvgIpc) is 2.71. The van der Waals surface area contributed by atoms with Gasteiger partial charge in [0, 0.05) is 6.92 Å². The first-order valence-corrected chi connectivity index (χ1v) is 8.50. The van der Waals surface area contributed by atoms with Crippen LogP contribution in [0.25, 0.3) is 0 Å². The minimum atomic E-state index is -0.548. The summed E-state index contributed by atoms with van der Waals surface area (Å²) in [5.41, 5.74) is 5.82. The first kappa shape index (κ1) is 20.5. The molecule has 2 rings (SSSR count). The normalized spacial score (nSPS) is 10.9. The second-order valence-electron chi connectivity index (χ2n) is 5.89. The van der Waals surface area contributed by atoms with Crippen LogP contribution in [-0.2, 0) is 14.4 Å². The Labute approximate surface area is 162 Å². The van der Waals surface area contributed by atoms with Gasteiger partial charge in [-0.05, 0) is 29.8 Å². The van der Waals surface area contributed by atoms with Crippen molar-refractivity contribution in [3.8, 4) is 11.8 Å². The number of hydrogen-bond donors (Lipinski definition) is 3. The van der Waals surface area contributed by atoms with Crippen molar-refractivity contribution in [3.05, 3.63) is 65.7 Å². The van der Waals surface area contributed by atoms with Crippen molar-refractivity contribution in [2.75, 3.05) is 6.61 Å². The van der Waals surface area contributed by atoms with Gasteiger partial charge in [0.2, 0.25) is 11.8 Å². The molecule has 0 aromatic heterocycles. The molecule has 28 heavy (non-hydrogen) atoms. The molecule has 0 saturated carbocycles. The number of hydrazine groups is 1. The molecule has 0 saturated heterocycles. The highest BCUT2D eigenvalue weighted by Crippen LogP contribution is 2.16. The Morgan fingerprint density at radius 1 is 1.00 bits per heavy atom. The van der Waals surface area contributed by atoms with Gasteiger partial charge in [-0.2, -0.15) is 5.26 Å². The zero-order chi connectivity index (χ0) is 20.4. The first-order chi connectivity index (χ1) is 13.5. The molecule has 1 atom stereocenters. The number of rotatable bonds is 7. The van der Waals surface area contributed by atoms with Crippen molar-refractivity contribution in [2.24, 2.45) is 0 Å². The van der Waals surface area contributed by atoms with E-state index in [4.69, 9.17) is 10.00 Å². The molecule has 144 valence electrons. The number of ether oxygens (including phenoxy) is 1. The van der Waals surface area contributed by atoms with Crippen LogP contribution in [0, 0.1) is 11.3 Å². The summed E-state index contributed by atoms with van der Waals surface area (Å²) >= 11 is 0. The van der Waals surface area contributed by atoms with E-state index in [0.717, 1.165) is 5.56 Å². The van der Waals surface area contributed by atoms with Gasteiger partial charge in [0.05, 0.1) is 24.1 Å². The number of carbonyl (C=O) groups excluding carboxylic acids is 3. The zero-order valence-electron chi connectivity index (χ0n) is 15.3. The van der Waals surface area contributed by atoms with Crippen LogP contribution in [-0.4, -0.2) is 24.3 Å². The lowest BCUT2D eigenvalue weighted by Gasteiger charge is -2.18. The second-order valence-corrected chi connectivity index (χ2v) is 5.89. The summed E-state index contributed by atoms with van der Waals surface area (Å²) in [6, 6.07) is 16.8. The number of amides is 3. The Morgan fingerprint density at radius 3 is 2.25 bits per heavy atom. The molecule has 0 bridgehead atoms. The molecule has 2 aromatic carbocycles. The van der Waals surface area contributed by atoms with Crippen molar-refractivity contribution in [3.63, 3.8) is 0 Å². The van der Waals surface area contributed by atoms with Crippen LogP contribution >= 0.6 is 0 Å². The Bertz CT molecular complexity index is 860. The monoisotopic (exact) mass is 380 g/mol. The molecule has 3 N–H and O–H groups in total. The molecule has 0 aliphatic carbocycles. The third kappa shape index (κ3) is 6.80. The van der Waals surface area contributed by atoms with E-state index in [1.54, 1.807) is 36.4 Å². The fourth-order valence-electron chi connectivity index (χ4n) is 2.37. The Hall–Kier alpha value is -3.86. The van der Waals surface area contributed by atoms with E-state index < -0.39 is 17.9 Å². The molecule has 0 aliphatic rings. The van der Waals surface area contributed by atoms with Gasteiger partial charge >= 0.3 is 0 Å². The minimum Gasteiger partial charge on any atom is -0.484 e. The maximum absolute atomic E-state index is 12.1. The molecular formula is C20H20N4O4. The molecule has 2 aromatic rings. The fourth-order valence-corrected chi connectivity index (χ4v) is 2.37. The minimum absolute atomic E-state index is 0.0413. The molecule has 0 spiro atoms. The van der Waals surface area contributed by atoms with Gasteiger partial charge in [-0.15, -0.1) is 0 Å². The number of nitrogens with one attached hydrogen (secondary N) is 3. The standard InChI is InChI=1S/C20H20N4O4/c1-14(25)22-18(16-5-3-2-4-6-16)11-19(26)23-24-20(27)13-28-17-9-7-15(12-21)8-10-17/h2-10,18H,11,13H2,1H3,(H,22,25)(H,23,26)(H,24,27)/t18-/m1/s1. The maximum Gasteiger partial charge on any atom is 0.276 e. The summed E-state index contributed by atoms with van der Waals surface area (Å²) in [4.78, 5) is 35.3. The predicted octanol–water partition coefficient (Wildman–Crippen LogP) is 1.35. The molecule has 0 aliphatic heterocycles. The lowest BCUT2D eigenvalue weighted by Crippen LogP contribution is -2.45. The topological polar surface area (TPSA) is 120 Å². The molecule has 0 radical (unpaired) electrons. The quantitative estimate of drug-likeness (QED) is 0.626. The lowest BCUT2D eigenvalue weighted by atomic mass is 10.0. The van der Waals surface area contributed by atoms with Crippen molar-refractivity contribution in [1.29, 1.82) is 5.26 Å². The van der Waals surface area contributed by atoms with Crippen molar-refractivity contribution >= 4 is 17.7 Å². The van der Waals surface area contributed by atoms with Crippen LogP contribution in [0.2, 0.25) is 0 Å². The summed E-state index contributed by atoms with van der Waals surface area (Å²) in [5, 5.41) is 11.4. The van der Waals surface area contributed by atoms with E-state index in [0.29, 0.717) is 11.3 Å². The van der Waals surface area contributed by atoms with Crippen LogP contribution in [0.3, 0.4) is 0 Å². The third-order valence-electron chi connectivity index (χ3n) is 3.66. The van der Waals surface area contributed by atoms with Crippen LogP contribution in [0.4, 0.5) is 0 Å². The van der Waals surface area contributed by atoms with E-state index in [9.17, 15) is 14.4 Å². The molecule has 8 heteroatoms. The van der Waals surface area contributed by atoms with E-state index >= 15 is 0 Å². The summed E-state index contributed by atoms with van der Waals surface area (Å²) in [6.45, 7) is 1.07. The van der Waals surface area contributed by atoms with E-state index in [-0.39, 0.29) is 18.9 Å². The highest BCUT2D eigenvalue weighted by Gasteiger charge is 2.17. The van der Waals surface area contributed by atoms with Gasteiger partial charge in [-0.25, -0.2) is 0 Å². The largest absolute Gasteiger partial charge is 0.484 e. The second kappa shape index (κ2) is 10.3. The fraction of sp³-hybridized carbons (Fsp3) is 0.200. The molecule has 3 amide bonds. The first-order valence-electron chi connectivity index (χ1n) is 8.50. The van der Waals surface area contributed by atoms with Crippen molar-refractivity contribution in [2.45, 2.75) is 19.4 Å². The zero-order valence-corrected chi connectivity index (χ0v) is 15.3. The van der Waals surface area contributed by atoms with Crippen LogP contribution in [0.5, 0.6) is 5.75 Å². The average molecular weight is 380 g/mol. The summed E-state index contributed by atoms with van der Waals surface area (Å²) in [6.07, 6.45) is -0.0413. The Morgan fingerprint density at radius 2 is 1.64 bits per heavy atom. The molecule has 0 fully saturated rings. The lowest BCUT2D eigenvalue weighted by molar-refractivity contribution is -0.130. The van der Waals surface area contributed by atoms with E-state index in [1.165, 1.54) is 6.92 Å². The van der Waals surface area contributed by atoms with E-state index in [1.807, 2.05) is 24.3 Å². The summed E-state index contributed by atoms with van der Waals surface area (Å²) in [7, 11) is 0. The number of nitrogens with zero attached hydrogens (tertiary/aromatic N) is 1. The Balaban J connectivity index is 1.80. The number of benzene rings is 2. The molecule has 8 nitrogen and oxygen atoms in total. The van der Waals surface area contributed by atoms with Gasteiger partial charge < -0.3 is 10.1 Å². The van der Waals surface area contributed by atoms with Gasteiger partial charge in [0.15, 0.2) is 6.61 Å². The van der Waals surface area contributed by atoms with Gasteiger partial charge in [0.1, 0.15) is 5.75 Å². The predicted molar refractivity (Wildman–Crippen MR) is 101 cm³/mol. The van der Waals surface area contributed by atoms with Crippen LogP contribution in [0.15, 0.2) is 54.6 Å². The van der Waals surface area contributed by atoms with Gasteiger partial charge in [0.25, 0.3) is 5.91 Å². The Kier molecular flexibility index (Phi) is 7.54. The number of carbonyl (C=O) groups is 3. The number of hydrogen-bond acceptors (Lipinski definition) is 5. The third-order valence-corrected chi connectivity index (χ3v) is 3.66. The highest BCUT2D eigenvalue weighted by molar-refractivity contribution is 5.83. The smallest absolute Gasteiger partial charge is 0.276 e. The summed E-state index contributed by atoms with van der Waals surface area (Å²) < 4.78 is 5.27.